The number of aryl methyl sites for hydroxylation is 2. The average molecular weight is 391 g/mol. The molecule has 0 saturated heterocycles. The third-order valence-electron chi connectivity index (χ3n) is 4.39. The Bertz CT molecular complexity index is 971. The molecule has 0 fully saturated rings. The van der Waals surface area contributed by atoms with Crippen molar-refractivity contribution in [1.29, 1.82) is 0 Å². The second-order valence-corrected chi connectivity index (χ2v) is 6.65. The predicted molar refractivity (Wildman–Crippen MR) is 115 cm³/mol. The van der Waals surface area contributed by atoms with E-state index in [2.05, 4.69) is 15.6 Å². The Morgan fingerprint density at radius 3 is 2.48 bits per heavy atom. The summed E-state index contributed by atoms with van der Waals surface area (Å²) in [6, 6.07) is 16.8. The zero-order valence-electron chi connectivity index (χ0n) is 16.9. The number of pyridine rings is 1. The van der Waals surface area contributed by atoms with Crippen LogP contribution in [0.4, 0.5) is 11.5 Å². The van der Waals surface area contributed by atoms with Crippen LogP contribution >= 0.6 is 0 Å². The molecule has 1 heterocycles. The van der Waals surface area contributed by atoms with E-state index in [1.807, 2.05) is 56.3 Å². The van der Waals surface area contributed by atoms with Gasteiger partial charge in [0.2, 0.25) is 0 Å². The van der Waals surface area contributed by atoms with Crippen molar-refractivity contribution in [3.05, 3.63) is 77.5 Å². The van der Waals surface area contributed by atoms with Crippen LogP contribution < -0.4 is 20.1 Å². The summed E-state index contributed by atoms with van der Waals surface area (Å²) in [5.74, 6) is 2.01. The highest BCUT2D eigenvalue weighted by Gasteiger charge is 2.09. The Balaban J connectivity index is 1.52. The smallest absolute Gasteiger partial charge is 0.255 e. The number of rotatable bonds is 8. The van der Waals surface area contributed by atoms with Gasteiger partial charge in [0, 0.05) is 17.4 Å². The van der Waals surface area contributed by atoms with E-state index in [9.17, 15) is 4.79 Å². The number of carbonyl (C=O) groups is 1. The second kappa shape index (κ2) is 9.59. The average Bonchev–Trinajstić information content (AvgIpc) is 2.74. The fourth-order valence-electron chi connectivity index (χ4n) is 2.84. The predicted octanol–water partition coefficient (Wildman–Crippen LogP) is 4.45. The Morgan fingerprint density at radius 1 is 1.00 bits per heavy atom. The minimum Gasteiger partial charge on any atom is -0.497 e. The third kappa shape index (κ3) is 5.72. The quantitative estimate of drug-likeness (QED) is 0.555. The molecule has 6 nitrogen and oxygen atoms in total. The number of benzene rings is 2. The fraction of sp³-hybridized carbons (Fsp3) is 0.217. The van der Waals surface area contributed by atoms with Crippen molar-refractivity contribution < 1.29 is 14.3 Å². The van der Waals surface area contributed by atoms with Gasteiger partial charge in [0.05, 0.1) is 13.7 Å². The van der Waals surface area contributed by atoms with Crippen LogP contribution in [0.2, 0.25) is 0 Å². The molecule has 2 aromatic carbocycles. The molecular weight excluding hydrogens is 366 g/mol. The van der Waals surface area contributed by atoms with Gasteiger partial charge in [-0.1, -0.05) is 17.7 Å². The number of nitrogens with zero attached hydrogens (tertiary/aromatic N) is 1. The van der Waals surface area contributed by atoms with E-state index in [1.54, 1.807) is 25.4 Å². The first-order valence-corrected chi connectivity index (χ1v) is 9.40. The number of aromatic nitrogens is 1. The van der Waals surface area contributed by atoms with E-state index in [1.165, 1.54) is 0 Å². The maximum atomic E-state index is 12.6. The highest BCUT2D eigenvalue weighted by molar-refractivity contribution is 6.05. The van der Waals surface area contributed by atoms with Gasteiger partial charge in [-0.05, 0) is 61.9 Å². The summed E-state index contributed by atoms with van der Waals surface area (Å²) in [7, 11) is 1.63. The Kier molecular flexibility index (Phi) is 6.68. The largest absolute Gasteiger partial charge is 0.497 e. The topological polar surface area (TPSA) is 72.5 Å². The monoisotopic (exact) mass is 391 g/mol. The third-order valence-corrected chi connectivity index (χ3v) is 4.39. The van der Waals surface area contributed by atoms with Crippen molar-refractivity contribution in [2.75, 3.05) is 30.9 Å². The van der Waals surface area contributed by atoms with E-state index >= 15 is 0 Å². The number of carbonyl (C=O) groups excluding carboxylic acids is 1. The lowest BCUT2D eigenvalue weighted by molar-refractivity contribution is 0.102. The molecule has 6 heteroatoms. The highest BCUT2D eigenvalue weighted by Crippen LogP contribution is 2.18. The summed E-state index contributed by atoms with van der Waals surface area (Å²) in [6.45, 7) is 5.02. The van der Waals surface area contributed by atoms with Gasteiger partial charge in [-0.2, -0.15) is 0 Å². The lowest BCUT2D eigenvalue weighted by atomic mass is 10.1. The van der Waals surface area contributed by atoms with Crippen LogP contribution in [0, 0.1) is 13.8 Å². The molecule has 0 aliphatic carbocycles. The van der Waals surface area contributed by atoms with Gasteiger partial charge in [0.1, 0.15) is 23.9 Å². The van der Waals surface area contributed by atoms with Gasteiger partial charge in [-0.3, -0.25) is 4.79 Å². The molecule has 0 saturated carbocycles. The van der Waals surface area contributed by atoms with Crippen LogP contribution in [0.25, 0.3) is 0 Å². The van der Waals surface area contributed by atoms with Gasteiger partial charge >= 0.3 is 0 Å². The number of hydrogen-bond acceptors (Lipinski definition) is 5. The highest BCUT2D eigenvalue weighted by atomic mass is 16.5. The Morgan fingerprint density at radius 2 is 1.76 bits per heavy atom. The zero-order valence-corrected chi connectivity index (χ0v) is 16.9. The number of methoxy groups -OCH3 is 1. The summed E-state index contributed by atoms with van der Waals surface area (Å²) in [5, 5.41) is 6.12. The number of nitrogens with one attached hydrogen (secondary N) is 2. The first-order valence-electron chi connectivity index (χ1n) is 9.40. The summed E-state index contributed by atoms with van der Waals surface area (Å²) in [4.78, 5) is 16.8. The van der Waals surface area contributed by atoms with Gasteiger partial charge in [0.25, 0.3) is 5.91 Å². The van der Waals surface area contributed by atoms with E-state index < -0.39 is 0 Å². The molecule has 0 unspecified atom stereocenters. The molecule has 1 amide bonds. The van der Waals surface area contributed by atoms with Gasteiger partial charge < -0.3 is 20.1 Å². The second-order valence-electron chi connectivity index (χ2n) is 6.65. The van der Waals surface area contributed by atoms with Crippen LogP contribution in [0.1, 0.15) is 21.5 Å². The zero-order chi connectivity index (χ0) is 20.6. The minimum atomic E-state index is -0.170. The molecule has 0 aliphatic rings. The number of ether oxygens (including phenoxy) is 2. The van der Waals surface area contributed by atoms with Crippen molar-refractivity contribution in [3.8, 4) is 11.5 Å². The van der Waals surface area contributed by atoms with Crippen molar-refractivity contribution in [3.63, 3.8) is 0 Å². The number of hydrogen-bond donors (Lipinski definition) is 2. The van der Waals surface area contributed by atoms with E-state index in [-0.39, 0.29) is 5.91 Å². The molecule has 150 valence electrons. The standard InChI is InChI=1S/C23H25N3O3/c1-16-4-9-21(17(2)14-16)26-23(27)18-10-11-24-22(15-18)25-12-13-29-20-7-5-19(28-3)6-8-20/h4-11,14-15H,12-13H2,1-3H3,(H,24,25)(H,26,27). The first-order chi connectivity index (χ1) is 14.0. The Hall–Kier alpha value is -3.54. The van der Waals surface area contributed by atoms with Gasteiger partial charge in [-0.15, -0.1) is 0 Å². The molecule has 0 bridgehead atoms. The fourth-order valence-corrected chi connectivity index (χ4v) is 2.84. The SMILES string of the molecule is COc1ccc(OCCNc2cc(C(=O)Nc3ccc(C)cc3C)ccn2)cc1. The summed E-state index contributed by atoms with van der Waals surface area (Å²) >= 11 is 0. The van der Waals surface area contributed by atoms with Crippen LogP contribution in [0.15, 0.2) is 60.8 Å². The van der Waals surface area contributed by atoms with E-state index in [0.29, 0.717) is 24.5 Å². The maximum absolute atomic E-state index is 12.6. The van der Waals surface area contributed by atoms with Crippen LogP contribution in [-0.2, 0) is 0 Å². The maximum Gasteiger partial charge on any atom is 0.255 e. The molecule has 0 atom stereocenters. The van der Waals surface area contributed by atoms with Crippen molar-refractivity contribution in [2.45, 2.75) is 13.8 Å². The molecule has 0 aliphatic heterocycles. The van der Waals surface area contributed by atoms with Gasteiger partial charge in [0.15, 0.2) is 0 Å². The lowest BCUT2D eigenvalue weighted by Gasteiger charge is -2.11. The van der Waals surface area contributed by atoms with Crippen LogP contribution in [0.5, 0.6) is 11.5 Å². The van der Waals surface area contributed by atoms with Crippen LogP contribution in [-0.4, -0.2) is 31.2 Å². The summed E-state index contributed by atoms with van der Waals surface area (Å²) in [5.41, 5.74) is 3.53. The van der Waals surface area contributed by atoms with E-state index in [0.717, 1.165) is 28.3 Å². The van der Waals surface area contributed by atoms with E-state index in [4.69, 9.17) is 9.47 Å². The molecule has 0 radical (unpaired) electrons. The van der Waals surface area contributed by atoms with Crippen molar-refractivity contribution >= 4 is 17.4 Å². The Labute approximate surface area is 170 Å². The molecule has 3 aromatic rings. The first kappa shape index (κ1) is 20.2. The number of amides is 1. The molecule has 2 N–H and O–H groups in total. The van der Waals surface area contributed by atoms with Crippen LogP contribution in [0.3, 0.4) is 0 Å². The molecule has 3 rings (SSSR count). The summed E-state index contributed by atoms with van der Waals surface area (Å²) < 4.78 is 10.8. The molecule has 0 spiro atoms. The van der Waals surface area contributed by atoms with Crippen molar-refractivity contribution in [2.24, 2.45) is 0 Å². The van der Waals surface area contributed by atoms with Crippen molar-refractivity contribution in [1.82, 2.24) is 4.98 Å². The number of anilines is 2. The normalized spacial score (nSPS) is 10.3. The summed E-state index contributed by atoms with van der Waals surface area (Å²) in [6.07, 6.45) is 1.61. The van der Waals surface area contributed by atoms with Gasteiger partial charge in [-0.25, -0.2) is 4.98 Å². The molecule has 1 aromatic heterocycles. The molecule has 29 heavy (non-hydrogen) atoms. The molecular formula is C23H25N3O3. The minimum absolute atomic E-state index is 0.170. The lowest BCUT2D eigenvalue weighted by Crippen LogP contribution is -2.15.